The molecule has 142 valence electrons. The molecule has 1 fully saturated rings. The van der Waals surface area contributed by atoms with Crippen LogP contribution in [-0.4, -0.2) is 21.4 Å². The molecule has 4 aromatic rings. The highest BCUT2D eigenvalue weighted by atomic mass is 32.1. The monoisotopic (exact) mass is 389 g/mol. The number of hydrogen-bond donors (Lipinski definition) is 0. The van der Waals surface area contributed by atoms with Crippen LogP contribution in [0.3, 0.4) is 0 Å². The summed E-state index contributed by atoms with van der Waals surface area (Å²) in [5.74, 6) is 1.62. The fourth-order valence-electron chi connectivity index (χ4n) is 4.07. The summed E-state index contributed by atoms with van der Waals surface area (Å²) < 4.78 is 6.07. The lowest BCUT2D eigenvalue weighted by Gasteiger charge is -2.33. The summed E-state index contributed by atoms with van der Waals surface area (Å²) >= 11 is 1.75. The van der Waals surface area contributed by atoms with Crippen LogP contribution >= 0.6 is 11.3 Å². The van der Waals surface area contributed by atoms with Crippen molar-refractivity contribution in [2.45, 2.75) is 38.8 Å². The molecule has 2 aromatic heterocycles. The minimum Gasteiger partial charge on any atom is -0.441 e. The fourth-order valence-corrected chi connectivity index (χ4v) is 4.88. The van der Waals surface area contributed by atoms with Crippen LogP contribution in [0.4, 0.5) is 0 Å². The Morgan fingerprint density at radius 3 is 2.89 bits per heavy atom. The Kier molecular flexibility index (Phi) is 4.71. The topological polar surface area (TPSA) is 42.2 Å². The first kappa shape index (κ1) is 17.6. The Hall–Kier alpha value is -2.50. The zero-order chi connectivity index (χ0) is 18.9. The largest absolute Gasteiger partial charge is 0.441 e. The van der Waals surface area contributed by atoms with Gasteiger partial charge in [0.1, 0.15) is 10.8 Å². The summed E-state index contributed by atoms with van der Waals surface area (Å²) in [6.07, 6.45) is 5.57. The van der Waals surface area contributed by atoms with E-state index in [1.54, 1.807) is 11.3 Å². The predicted octanol–water partition coefficient (Wildman–Crippen LogP) is 5.99. The molecule has 2 aromatic carbocycles. The van der Waals surface area contributed by atoms with Crippen LogP contribution in [0.25, 0.3) is 22.2 Å². The lowest BCUT2D eigenvalue weighted by atomic mass is 10.0. The van der Waals surface area contributed by atoms with Crippen molar-refractivity contribution in [3.63, 3.8) is 0 Å². The van der Waals surface area contributed by atoms with Crippen molar-refractivity contribution < 1.29 is 4.42 Å². The van der Waals surface area contributed by atoms with Crippen LogP contribution in [0.2, 0.25) is 0 Å². The van der Waals surface area contributed by atoms with Gasteiger partial charge in [-0.25, -0.2) is 9.97 Å². The highest BCUT2D eigenvalue weighted by molar-refractivity contribution is 7.09. The lowest BCUT2D eigenvalue weighted by Crippen LogP contribution is -2.33. The van der Waals surface area contributed by atoms with Gasteiger partial charge in [-0.1, -0.05) is 36.8 Å². The first-order valence-corrected chi connectivity index (χ1v) is 10.7. The minimum absolute atomic E-state index is 0.397. The smallest absolute Gasteiger partial charge is 0.226 e. The third-order valence-corrected chi connectivity index (χ3v) is 6.47. The third-order valence-electron chi connectivity index (χ3n) is 5.59. The second-order valence-corrected chi connectivity index (χ2v) is 8.36. The average Bonchev–Trinajstić information content (AvgIpc) is 3.39. The van der Waals surface area contributed by atoms with E-state index in [1.165, 1.54) is 35.0 Å². The van der Waals surface area contributed by atoms with Crippen LogP contribution in [0.5, 0.6) is 0 Å². The van der Waals surface area contributed by atoms with Gasteiger partial charge in [0.2, 0.25) is 5.89 Å². The number of fused-ring (bicyclic) bond motifs is 1. The van der Waals surface area contributed by atoms with Crippen molar-refractivity contribution in [1.82, 2.24) is 14.9 Å². The van der Waals surface area contributed by atoms with Gasteiger partial charge < -0.3 is 4.42 Å². The highest BCUT2D eigenvalue weighted by Gasteiger charge is 2.27. The van der Waals surface area contributed by atoms with E-state index in [9.17, 15) is 0 Å². The Balaban J connectivity index is 1.42. The zero-order valence-electron chi connectivity index (χ0n) is 16.0. The molecule has 4 nitrogen and oxygen atoms in total. The van der Waals surface area contributed by atoms with Crippen molar-refractivity contribution >= 4 is 22.1 Å². The quantitative estimate of drug-likeness (QED) is 0.430. The fraction of sp³-hybridized carbons (Fsp3) is 0.304. The number of likely N-dealkylation sites (tertiary alicyclic amines) is 1. The summed E-state index contributed by atoms with van der Waals surface area (Å²) in [5.41, 5.74) is 2.06. The molecule has 0 spiro atoms. The van der Waals surface area contributed by atoms with E-state index in [2.05, 4.69) is 57.7 Å². The maximum Gasteiger partial charge on any atom is 0.226 e. The molecule has 0 bridgehead atoms. The molecule has 1 saturated heterocycles. The van der Waals surface area contributed by atoms with Crippen LogP contribution in [0.1, 0.15) is 41.8 Å². The van der Waals surface area contributed by atoms with Gasteiger partial charge in [-0.3, -0.25) is 4.90 Å². The molecule has 0 radical (unpaired) electrons. The molecule has 0 saturated carbocycles. The second kappa shape index (κ2) is 7.49. The Labute approximate surface area is 168 Å². The lowest BCUT2D eigenvalue weighted by molar-refractivity contribution is 0.138. The van der Waals surface area contributed by atoms with Gasteiger partial charge in [0, 0.05) is 23.7 Å². The van der Waals surface area contributed by atoms with Gasteiger partial charge in [0.05, 0.1) is 11.7 Å². The third kappa shape index (κ3) is 3.36. The summed E-state index contributed by atoms with van der Waals surface area (Å²) in [6.45, 7) is 3.92. The predicted molar refractivity (Wildman–Crippen MR) is 113 cm³/mol. The first-order chi connectivity index (χ1) is 13.8. The number of oxazole rings is 1. The molecule has 1 aliphatic heterocycles. The molecule has 0 aliphatic carbocycles. The van der Waals surface area contributed by atoms with Crippen molar-refractivity contribution in [2.24, 2.45) is 0 Å². The molecule has 5 rings (SSSR count). The molecular formula is C23H23N3OS. The summed E-state index contributed by atoms with van der Waals surface area (Å²) in [4.78, 5) is 12.0. The Bertz CT molecular complexity index is 1090. The minimum atomic E-state index is 0.397. The number of thiazole rings is 1. The van der Waals surface area contributed by atoms with Gasteiger partial charge in [-0.15, -0.1) is 11.3 Å². The van der Waals surface area contributed by atoms with Gasteiger partial charge >= 0.3 is 0 Å². The summed E-state index contributed by atoms with van der Waals surface area (Å²) in [6, 6.07) is 15.2. The van der Waals surface area contributed by atoms with Crippen molar-refractivity contribution in [2.75, 3.05) is 6.54 Å². The number of nitrogens with zero attached hydrogens (tertiary/aromatic N) is 3. The van der Waals surface area contributed by atoms with E-state index in [-0.39, 0.29) is 0 Å². The van der Waals surface area contributed by atoms with Gasteiger partial charge in [-0.2, -0.15) is 0 Å². The number of hydrogen-bond acceptors (Lipinski definition) is 5. The van der Waals surface area contributed by atoms with Crippen LogP contribution in [0.15, 0.2) is 58.5 Å². The van der Waals surface area contributed by atoms with Crippen LogP contribution in [0, 0.1) is 6.92 Å². The zero-order valence-corrected chi connectivity index (χ0v) is 16.8. The van der Waals surface area contributed by atoms with Crippen LogP contribution < -0.4 is 0 Å². The summed E-state index contributed by atoms with van der Waals surface area (Å²) in [7, 11) is 0. The SMILES string of the molecule is Cc1oc(-c2ccc3ccccc3c2)nc1CN1CCCC[C@H]1c1nccs1. The molecule has 1 aliphatic rings. The van der Waals surface area contributed by atoms with Crippen molar-refractivity contribution in [3.8, 4) is 11.5 Å². The van der Waals surface area contributed by atoms with Gasteiger partial charge in [0.15, 0.2) is 0 Å². The van der Waals surface area contributed by atoms with E-state index in [0.717, 1.165) is 30.1 Å². The average molecular weight is 390 g/mol. The molecule has 5 heteroatoms. The number of rotatable bonds is 4. The molecular weight excluding hydrogens is 366 g/mol. The standard InChI is InChI=1S/C23H23N3OS/c1-16-20(15-26-12-5-4-8-21(26)23-24-11-13-28-23)25-22(27-16)19-10-9-17-6-2-3-7-18(17)14-19/h2-3,6-7,9-11,13-14,21H,4-5,8,12,15H2,1H3/t21-/m0/s1. The maximum atomic E-state index is 6.07. The normalized spacial score (nSPS) is 18.0. The number of piperidine rings is 1. The number of aromatic nitrogens is 2. The van der Waals surface area contributed by atoms with E-state index in [4.69, 9.17) is 9.40 Å². The van der Waals surface area contributed by atoms with Gasteiger partial charge in [-0.05, 0) is 49.2 Å². The van der Waals surface area contributed by atoms with E-state index in [0.29, 0.717) is 11.9 Å². The Morgan fingerprint density at radius 2 is 2.04 bits per heavy atom. The molecule has 28 heavy (non-hydrogen) atoms. The summed E-state index contributed by atoms with van der Waals surface area (Å²) in [5, 5.41) is 5.73. The molecule has 3 heterocycles. The highest BCUT2D eigenvalue weighted by Crippen LogP contribution is 2.34. The van der Waals surface area contributed by atoms with Crippen LogP contribution in [-0.2, 0) is 6.54 Å². The Morgan fingerprint density at radius 1 is 1.14 bits per heavy atom. The second-order valence-electron chi connectivity index (χ2n) is 7.44. The van der Waals surface area contributed by atoms with Crippen molar-refractivity contribution in [1.29, 1.82) is 0 Å². The van der Waals surface area contributed by atoms with E-state index >= 15 is 0 Å². The molecule has 0 unspecified atom stereocenters. The first-order valence-electron chi connectivity index (χ1n) is 9.87. The molecule has 0 N–H and O–H groups in total. The number of aryl methyl sites for hydroxylation is 1. The van der Waals surface area contributed by atoms with Crippen molar-refractivity contribution in [3.05, 3.63) is 70.5 Å². The molecule has 0 amide bonds. The maximum absolute atomic E-state index is 6.07. The molecule has 1 atom stereocenters. The van der Waals surface area contributed by atoms with E-state index in [1.807, 2.05) is 13.1 Å². The van der Waals surface area contributed by atoms with Gasteiger partial charge in [0.25, 0.3) is 0 Å². The van der Waals surface area contributed by atoms with E-state index < -0.39 is 0 Å². The number of benzene rings is 2.